The molecule has 3 rings (SSSR count). The number of fused-ring (bicyclic) bond motifs is 1. The molecule has 1 amide bonds. The SMILES string of the molecule is Cc1cccc([C@@H](C)NC(=O)c2nc3ccccc3[nH]c2=O)n1. The number of carbonyl (C=O) groups excluding carboxylic acids is 1. The van der Waals surface area contributed by atoms with Crippen LogP contribution in [0.15, 0.2) is 47.3 Å². The van der Waals surface area contributed by atoms with Crippen molar-refractivity contribution in [1.82, 2.24) is 20.3 Å². The number of aryl methyl sites for hydroxylation is 1. The van der Waals surface area contributed by atoms with E-state index in [1.165, 1.54) is 0 Å². The Morgan fingerprint density at radius 2 is 1.91 bits per heavy atom. The molecule has 0 fully saturated rings. The van der Waals surface area contributed by atoms with Crippen LogP contribution in [0.25, 0.3) is 11.0 Å². The first-order chi connectivity index (χ1) is 11.0. The zero-order chi connectivity index (χ0) is 16.4. The molecule has 0 aliphatic rings. The molecule has 0 aliphatic heterocycles. The molecule has 0 radical (unpaired) electrons. The van der Waals surface area contributed by atoms with Crippen molar-refractivity contribution in [2.45, 2.75) is 19.9 Å². The smallest absolute Gasteiger partial charge is 0.280 e. The number of hydrogen-bond acceptors (Lipinski definition) is 4. The maximum atomic E-state index is 12.4. The third kappa shape index (κ3) is 3.11. The minimum Gasteiger partial charge on any atom is -0.342 e. The van der Waals surface area contributed by atoms with Crippen LogP contribution >= 0.6 is 0 Å². The Morgan fingerprint density at radius 1 is 1.13 bits per heavy atom. The highest BCUT2D eigenvalue weighted by molar-refractivity contribution is 5.93. The van der Waals surface area contributed by atoms with E-state index in [0.29, 0.717) is 11.0 Å². The Morgan fingerprint density at radius 3 is 2.70 bits per heavy atom. The van der Waals surface area contributed by atoms with Crippen LogP contribution in [0.3, 0.4) is 0 Å². The number of hydrogen-bond donors (Lipinski definition) is 2. The topological polar surface area (TPSA) is 87.7 Å². The monoisotopic (exact) mass is 308 g/mol. The highest BCUT2D eigenvalue weighted by Gasteiger charge is 2.17. The number of benzene rings is 1. The van der Waals surface area contributed by atoms with Crippen molar-refractivity contribution in [3.8, 4) is 0 Å². The van der Waals surface area contributed by atoms with E-state index >= 15 is 0 Å². The molecule has 2 N–H and O–H groups in total. The fourth-order valence-electron chi connectivity index (χ4n) is 2.33. The van der Waals surface area contributed by atoms with Crippen molar-refractivity contribution >= 4 is 16.9 Å². The molecular formula is C17H16N4O2. The second kappa shape index (κ2) is 6.00. The summed E-state index contributed by atoms with van der Waals surface area (Å²) in [7, 11) is 0. The Hall–Kier alpha value is -3.02. The first kappa shape index (κ1) is 14.9. The lowest BCUT2D eigenvalue weighted by Gasteiger charge is -2.13. The van der Waals surface area contributed by atoms with Gasteiger partial charge in [-0.3, -0.25) is 14.6 Å². The van der Waals surface area contributed by atoms with E-state index < -0.39 is 11.5 Å². The van der Waals surface area contributed by atoms with Crippen LogP contribution in [0.1, 0.15) is 34.8 Å². The average molecular weight is 308 g/mol. The molecule has 23 heavy (non-hydrogen) atoms. The Kier molecular flexibility index (Phi) is 3.89. The van der Waals surface area contributed by atoms with E-state index in [1.54, 1.807) is 24.3 Å². The van der Waals surface area contributed by atoms with Crippen molar-refractivity contribution in [3.05, 3.63) is 69.9 Å². The lowest BCUT2D eigenvalue weighted by Crippen LogP contribution is -2.33. The largest absolute Gasteiger partial charge is 0.342 e. The van der Waals surface area contributed by atoms with Crippen molar-refractivity contribution in [1.29, 1.82) is 0 Å². The van der Waals surface area contributed by atoms with Crippen LogP contribution in [0.4, 0.5) is 0 Å². The van der Waals surface area contributed by atoms with Crippen LogP contribution in [0.2, 0.25) is 0 Å². The van der Waals surface area contributed by atoms with Gasteiger partial charge in [0.1, 0.15) is 0 Å². The molecule has 3 aromatic rings. The van der Waals surface area contributed by atoms with Crippen molar-refractivity contribution in [3.63, 3.8) is 0 Å². The molecule has 2 aromatic heterocycles. The number of para-hydroxylation sites is 2. The quantitative estimate of drug-likeness (QED) is 0.776. The number of aromatic amines is 1. The van der Waals surface area contributed by atoms with Gasteiger partial charge in [-0.2, -0.15) is 0 Å². The standard InChI is InChI=1S/C17H16N4O2/c1-10-6-5-9-12(18-10)11(2)19-16(22)15-17(23)21-14-8-4-3-7-13(14)20-15/h3-9,11H,1-2H3,(H,19,22)(H,21,23)/t11-/m1/s1. The summed E-state index contributed by atoms with van der Waals surface area (Å²) in [6.07, 6.45) is 0. The zero-order valence-electron chi connectivity index (χ0n) is 12.8. The van der Waals surface area contributed by atoms with Gasteiger partial charge < -0.3 is 10.3 Å². The maximum Gasteiger partial charge on any atom is 0.280 e. The van der Waals surface area contributed by atoms with Gasteiger partial charge in [0, 0.05) is 5.69 Å². The summed E-state index contributed by atoms with van der Waals surface area (Å²) >= 11 is 0. The average Bonchev–Trinajstić information content (AvgIpc) is 2.54. The van der Waals surface area contributed by atoms with Crippen LogP contribution in [0, 0.1) is 6.92 Å². The molecule has 0 bridgehead atoms. The van der Waals surface area contributed by atoms with Crippen molar-refractivity contribution in [2.75, 3.05) is 0 Å². The van der Waals surface area contributed by atoms with Gasteiger partial charge in [0.05, 0.1) is 22.8 Å². The third-order valence-electron chi connectivity index (χ3n) is 3.52. The van der Waals surface area contributed by atoms with E-state index in [0.717, 1.165) is 11.4 Å². The minimum atomic E-state index is -0.521. The molecule has 0 unspecified atom stereocenters. The molecule has 1 atom stereocenters. The predicted molar refractivity (Wildman–Crippen MR) is 87.2 cm³/mol. The zero-order valence-corrected chi connectivity index (χ0v) is 12.8. The molecule has 116 valence electrons. The summed E-state index contributed by atoms with van der Waals surface area (Å²) < 4.78 is 0. The number of nitrogens with one attached hydrogen (secondary N) is 2. The van der Waals surface area contributed by atoms with Gasteiger partial charge in [0.15, 0.2) is 5.69 Å². The first-order valence-electron chi connectivity index (χ1n) is 7.28. The fraction of sp³-hybridized carbons (Fsp3) is 0.176. The maximum absolute atomic E-state index is 12.4. The van der Waals surface area contributed by atoms with Gasteiger partial charge in [-0.1, -0.05) is 18.2 Å². The summed E-state index contributed by atoms with van der Waals surface area (Å²) in [6, 6.07) is 12.3. The number of amides is 1. The highest BCUT2D eigenvalue weighted by atomic mass is 16.2. The van der Waals surface area contributed by atoms with Crippen LogP contribution in [-0.2, 0) is 0 Å². The molecule has 6 nitrogen and oxygen atoms in total. The lowest BCUT2D eigenvalue weighted by atomic mass is 10.2. The molecule has 6 heteroatoms. The fourth-order valence-corrected chi connectivity index (χ4v) is 2.33. The van der Waals surface area contributed by atoms with Crippen molar-refractivity contribution in [2.24, 2.45) is 0 Å². The number of aromatic nitrogens is 3. The second-order valence-electron chi connectivity index (χ2n) is 5.33. The van der Waals surface area contributed by atoms with Gasteiger partial charge in [0.25, 0.3) is 11.5 Å². The van der Waals surface area contributed by atoms with Gasteiger partial charge in [-0.25, -0.2) is 4.98 Å². The number of pyridine rings is 1. The number of nitrogens with zero attached hydrogens (tertiary/aromatic N) is 2. The number of carbonyl (C=O) groups is 1. The number of rotatable bonds is 3. The van der Waals surface area contributed by atoms with Crippen LogP contribution < -0.4 is 10.9 Å². The second-order valence-corrected chi connectivity index (χ2v) is 5.33. The number of H-pyrrole nitrogens is 1. The molecular weight excluding hydrogens is 292 g/mol. The molecule has 0 aliphatic carbocycles. The van der Waals surface area contributed by atoms with Gasteiger partial charge in [-0.05, 0) is 38.1 Å². The summed E-state index contributed by atoms with van der Waals surface area (Å²) in [5, 5.41) is 2.76. The summed E-state index contributed by atoms with van der Waals surface area (Å²) in [5.41, 5.74) is 2.11. The van der Waals surface area contributed by atoms with E-state index in [1.807, 2.05) is 32.0 Å². The van der Waals surface area contributed by atoms with Crippen molar-refractivity contribution < 1.29 is 4.79 Å². The Balaban J connectivity index is 1.88. The summed E-state index contributed by atoms with van der Waals surface area (Å²) in [4.78, 5) is 35.6. The minimum absolute atomic E-state index is 0.150. The molecule has 2 heterocycles. The van der Waals surface area contributed by atoms with E-state index in [9.17, 15) is 9.59 Å². The summed E-state index contributed by atoms with van der Waals surface area (Å²) in [6.45, 7) is 3.70. The highest BCUT2D eigenvalue weighted by Crippen LogP contribution is 2.11. The van der Waals surface area contributed by atoms with E-state index in [-0.39, 0.29) is 11.7 Å². The third-order valence-corrected chi connectivity index (χ3v) is 3.52. The van der Waals surface area contributed by atoms with Gasteiger partial charge in [0.2, 0.25) is 0 Å². The molecule has 0 saturated heterocycles. The van der Waals surface area contributed by atoms with Crippen LogP contribution in [-0.4, -0.2) is 20.9 Å². The van der Waals surface area contributed by atoms with Gasteiger partial charge in [-0.15, -0.1) is 0 Å². The first-order valence-corrected chi connectivity index (χ1v) is 7.28. The van der Waals surface area contributed by atoms with Gasteiger partial charge >= 0.3 is 0 Å². The predicted octanol–water partition coefficient (Wildman–Crippen LogP) is 2.12. The molecule has 1 aromatic carbocycles. The Labute approximate surface area is 132 Å². The molecule has 0 saturated carbocycles. The lowest BCUT2D eigenvalue weighted by molar-refractivity contribution is 0.0932. The Bertz CT molecular complexity index is 933. The van der Waals surface area contributed by atoms with Crippen LogP contribution in [0.5, 0.6) is 0 Å². The summed E-state index contributed by atoms with van der Waals surface area (Å²) in [5.74, 6) is -0.521. The molecule has 0 spiro atoms. The van der Waals surface area contributed by atoms with E-state index in [2.05, 4.69) is 20.3 Å². The normalized spacial score (nSPS) is 12.1. The van der Waals surface area contributed by atoms with E-state index in [4.69, 9.17) is 0 Å².